The van der Waals surface area contributed by atoms with Crippen LogP contribution in [0.2, 0.25) is 0 Å². The Morgan fingerprint density at radius 3 is 2.69 bits per heavy atom. The van der Waals surface area contributed by atoms with Crippen molar-refractivity contribution in [1.82, 2.24) is 0 Å². The Morgan fingerprint density at radius 2 is 2.23 bits per heavy atom. The summed E-state index contributed by atoms with van der Waals surface area (Å²) in [6.07, 6.45) is 5.96. The molecule has 1 unspecified atom stereocenters. The number of hydrogen-bond acceptors (Lipinski definition) is 1. The van der Waals surface area contributed by atoms with Gasteiger partial charge < -0.3 is 5.73 Å². The van der Waals surface area contributed by atoms with E-state index in [0.29, 0.717) is 0 Å². The van der Waals surface area contributed by atoms with Crippen LogP contribution in [-0.2, 0) is 0 Å². The Kier molecular flexibility index (Phi) is 3.42. The summed E-state index contributed by atoms with van der Waals surface area (Å²) in [6, 6.07) is -0.444. The first-order valence-electron chi connectivity index (χ1n) is 4.81. The molecule has 0 aromatic carbocycles. The quantitative estimate of drug-likeness (QED) is 0.679. The number of halogens is 2. The minimum Gasteiger partial charge on any atom is -0.324 e. The highest BCUT2D eigenvalue weighted by molar-refractivity contribution is 5.12. The third kappa shape index (κ3) is 3.85. The summed E-state index contributed by atoms with van der Waals surface area (Å²) < 4.78 is 25.2. The van der Waals surface area contributed by atoms with Gasteiger partial charge in [0.25, 0.3) is 0 Å². The van der Waals surface area contributed by atoms with Crippen molar-refractivity contribution in [2.24, 2.45) is 5.73 Å². The van der Waals surface area contributed by atoms with Crippen molar-refractivity contribution in [3.63, 3.8) is 0 Å². The minimum atomic E-state index is -2.64. The van der Waals surface area contributed by atoms with E-state index in [1.165, 1.54) is 6.42 Å². The maximum atomic E-state index is 12.6. The van der Waals surface area contributed by atoms with Crippen molar-refractivity contribution >= 4 is 0 Å². The zero-order valence-electron chi connectivity index (χ0n) is 8.02. The SMILES string of the molecule is CC(F)(F)CC(N)C1=CCCCC1. The predicted octanol–water partition coefficient (Wildman–Crippen LogP) is 2.86. The van der Waals surface area contributed by atoms with Gasteiger partial charge >= 0.3 is 0 Å². The van der Waals surface area contributed by atoms with Gasteiger partial charge in [0.1, 0.15) is 0 Å². The fraction of sp³-hybridized carbons (Fsp3) is 0.800. The van der Waals surface area contributed by atoms with Crippen LogP contribution in [-0.4, -0.2) is 12.0 Å². The average Bonchev–Trinajstić information content (AvgIpc) is 2.03. The average molecular weight is 189 g/mol. The third-order valence-corrected chi connectivity index (χ3v) is 2.38. The molecule has 13 heavy (non-hydrogen) atoms. The van der Waals surface area contributed by atoms with Gasteiger partial charge in [-0.2, -0.15) is 0 Å². The Morgan fingerprint density at radius 1 is 1.54 bits per heavy atom. The fourth-order valence-electron chi connectivity index (χ4n) is 1.72. The molecule has 0 bridgehead atoms. The lowest BCUT2D eigenvalue weighted by Crippen LogP contribution is -2.30. The lowest BCUT2D eigenvalue weighted by Gasteiger charge is -2.22. The van der Waals surface area contributed by atoms with Crippen LogP contribution >= 0.6 is 0 Å². The molecular weight excluding hydrogens is 172 g/mol. The van der Waals surface area contributed by atoms with Crippen LogP contribution in [0.1, 0.15) is 39.0 Å². The Balaban J connectivity index is 2.47. The molecular formula is C10H17F2N. The van der Waals surface area contributed by atoms with Crippen LogP contribution in [0.3, 0.4) is 0 Å². The van der Waals surface area contributed by atoms with Gasteiger partial charge in [-0.15, -0.1) is 0 Å². The van der Waals surface area contributed by atoms with Gasteiger partial charge in [-0.3, -0.25) is 0 Å². The Hall–Kier alpha value is -0.440. The molecule has 1 nitrogen and oxygen atoms in total. The van der Waals surface area contributed by atoms with Gasteiger partial charge in [-0.1, -0.05) is 11.6 Å². The van der Waals surface area contributed by atoms with E-state index in [2.05, 4.69) is 0 Å². The van der Waals surface area contributed by atoms with Crippen molar-refractivity contribution in [2.75, 3.05) is 0 Å². The van der Waals surface area contributed by atoms with Crippen molar-refractivity contribution in [2.45, 2.75) is 51.0 Å². The van der Waals surface area contributed by atoms with E-state index >= 15 is 0 Å². The smallest absolute Gasteiger partial charge is 0.247 e. The topological polar surface area (TPSA) is 26.0 Å². The van der Waals surface area contributed by atoms with Gasteiger partial charge in [-0.05, 0) is 32.6 Å². The zero-order chi connectivity index (χ0) is 9.90. The van der Waals surface area contributed by atoms with E-state index in [0.717, 1.165) is 31.8 Å². The Labute approximate surface area is 78.0 Å². The molecule has 2 N–H and O–H groups in total. The fourth-order valence-corrected chi connectivity index (χ4v) is 1.72. The standard InChI is InChI=1S/C10H17F2N/c1-10(11,12)7-9(13)8-5-3-2-4-6-8/h5,9H,2-4,6-7,13H2,1H3. The van der Waals surface area contributed by atoms with Crippen LogP contribution < -0.4 is 5.73 Å². The van der Waals surface area contributed by atoms with E-state index in [1.807, 2.05) is 6.08 Å². The van der Waals surface area contributed by atoms with E-state index in [9.17, 15) is 8.78 Å². The Bertz CT molecular complexity index is 194. The molecule has 0 fully saturated rings. The van der Waals surface area contributed by atoms with E-state index < -0.39 is 12.0 Å². The molecule has 0 radical (unpaired) electrons. The summed E-state index contributed by atoms with van der Waals surface area (Å²) in [7, 11) is 0. The van der Waals surface area contributed by atoms with Crippen molar-refractivity contribution in [3.05, 3.63) is 11.6 Å². The van der Waals surface area contributed by atoms with Crippen LogP contribution in [0.4, 0.5) is 8.78 Å². The number of hydrogen-bond donors (Lipinski definition) is 1. The molecule has 0 amide bonds. The summed E-state index contributed by atoms with van der Waals surface area (Å²) in [5.74, 6) is -2.64. The molecule has 0 aromatic rings. The number of alkyl halides is 2. The van der Waals surface area contributed by atoms with Crippen LogP contribution in [0, 0.1) is 0 Å². The first-order chi connectivity index (χ1) is 5.99. The molecule has 1 atom stereocenters. The number of rotatable bonds is 3. The molecule has 1 rings (SSSR count). The van der Waals surface area contributed by atoms with Crippen molar-refractivity contribution in [1.29, 1.82) is 0 Å². The first-order valence-corrected chi connectivity index (χ1v) is 4.81. The van der Waals surface area contributed by atoms with Gasteiger partial charge in [0.05, 0.1) is 0 Å². The van der Waals surface area contributed by atoms with Gasteiger partial charge in [0.2, 0.25) is 5.92 Å². The lowest BCUT2D eigenvalue weighted by molar-refractivity contribution is 0.00897. The first kappa shape index (κ1) is 10.6. The number of allylic oxidation sites excluding steroid dienone is 1. The normalized spacial score (nSPS) is 21.1. The number of nitrogens with two attached hydrogens (primary N) is 1. The highest BCUT2D eigenvalue weighted by Gasteiger charge is 2.26. The van der Waals surface area contributed by atoms with E-state index in [4.69, 9.17) is 5.73 Å². The largest absolute Gasteiger partial charge is 0.324 e. The summed E-state index contributed by atoms with van der Waals surface area (Å²) in [5, 5.41) is 0. The second-order valence-corrected chi connectivity index (χ2v) is 3.91. The van der Waals surface area contributed by atoms with Gasteiger partial charge in [0.15, 0.2) is 0 Å². The third-order valence-electron chi connectivity index (χ3n) is 2.38. The molecule has 0 aromatic heterocycles. The molecule has 1 aliphatic rings. The molecule has 1 aliphatic carbocycles. The predicted molar refractivity (Wildman–Crippen MR) is 49.8 cm³/mol. The van der Waals surface area contributed by atoms with Crippen molar-refractivity contribution < 1.29 is 8.78 Å². The molecule has 76 valence electrons. The molecule has 0 heterocycles. The highest BCUT2D eigenvalue weighted by atomic mass is 19.3. The molecule has 0 aliphatic heterocycles. The van der Waals surface area contributed by atoms with Gasteiger partial charge in [0, 0.05) is 12.5 Å². The summed E-state index contributed by atoms with van der Waals surface area (Å²) in [6.45, 7) is 0.927. The minimum absolute atomic E-state index is 0.223. The maximum Gasteiger partial charge on any atom is 0.247 e. The second kappa shape index (κ2) is 4.18. The zero-order valence-corrected chi connectivity index (χ0v) is 8.02. The summed E-state index contributed by atoms with van der Waals surface area (Å²) in [4.78, 5) is 0. The highest BCUT2D eigenvalue weighted by Crippen LogP contribution is 2.26. The van der Waals surface area contributed by atoms with E-state index in [-0.39, 0.29) is 6.42 Å². The second-order valence-electron chi connectivity index (χ2n) is 3.91. The van der Waals surface area contributed by atoms with Gasteiger partial charge in [-0.25, -0.2) is 8.78 Å². The van der Waals surface area contributed by atoms with Crippen LogP contribution in [0.5, 0.6) is 0 Å². The van der Waals surface area contributed by atoms with Crippen molar-refractivity contribution in [3.8, 4) is 0 Å². The molecule has 3 heteroatoms. The van der Waals surface area contributed by atoms with E-state index in [1.54, 1.807) is 0 Å². The monoisotopic (exact) mass is 189 g/mol. The summed E-state index contributed by atoms with van der Waals surface area (Å²) >= 11 is 0. The lowest BCUT2D eigenvalue weighted by atomic mass is 9.91. The molecule has 0 spiro atoms. The molecule has 0 saturated carbocycles. The van der Waals surface area contributed by atoms with Crippen LogP contribution in [0.25, 0.3) is 0 Å². The molecule has 0 saturated heterocycles. The van der Waals surface area contributed by atoms with Crippen LogP contribution in [0.15, 0.2) is 11.6 Å². The maximum absolute atomic E-state index is 12.6. The summed E-state index contributed by atoms with van der Waals surface area (Å²) in [5.41, 5.74) is 6.71.